The lowest BCUT2D eigenvalue weighted by atomic mass is 10.1. The summed E-state index contributed by atoms with van der Waals surface area (Å²) in [4.78, 5) is 7.93. The fraction of sp³-hybridized carbons (Fsp3) is 0.118. The molecule has 0 bridgehead atoms. The molecule has 2 aromatic carbocycles. The van der Waals surface area contributed by atoms with Gasteiger partial charge in [0.2, 0.25) is 0 Å². The molecule has 0 aliphatic heterocycles. The maximum atomic E-state index is 11.8. The number of sulfone groups is 1. The molecule has 0 unspecified atom stereocenters. The third-order valence-electron chi connectivity index (χ3n) is 3.41. The van der Waals surface area contributed by atoms with Gasteiger partial charge in [-0.15, -0.1) is 0 Å². The van der Waals surface area contributed by atoms with Crippen molar-refractivity contribution in [1.29, 1.82) is 0 Å². The van der Waals surface area contributed by atoms with Gasteiger partial charge in [-0.25, -0.2) is 13.4 Å². The first-order chi connectivity index (χ1) is 10.4. The Balaban J connectivity index is 2.06. The molecule has 5 heteroatoms. The van der Waals surface area contributed by atoms with Crippen LogP contribution in [0.4, 0.5) is 0 Å². The van der Waals surface area contributed by atoms with Crippen molar-refractivity contribution in [2.75, 3.05) is 6.26 Å². The summed E-state index contributed by atoms with van der Waals surface area (Å²) in [6.45, 7) is 1.87. The lowest BCUT2D eigenvalue weighted by Crippen LogP contribution is -1.98. The van der Waals surface area contributed by atoms with E-state index in [0.29, 0.717) is 10.7 Å². The van der Waals surface area contributed by atoms with Crippen LogP contribution in [0.2, 0.25) is 0 Å². The number of aryl methyl sites for hydroxylation is 1. The zero-order chi connectivity index (χ0) is 15.7. The number of nitrogens with one attached hydrogen (secondary N) is 1. The lowest BCUT2D eigenvalue weighted by molar-refractivity contribution is 0.602. The van der Waals surface area contributed by atoms with Crippen LogP contribution in [0.3, 0.4) is 0 Å². The molecule has 0 saturated heterocycles. The quantitative estimate of drug-likeness (QED) is 0.805. The highest BCUT2D eigenvalue weighted by Gasteiger charge is 2.12. The van der Waals surface area contributed by atoms with Gasteiger partial charge < -0.3 is 4.98 Å². The Kier molecular flexibility index (Phi) is 3.58. The van der Waals surface area contributed by atoms with Gasteiger partial charge in [-0.3, -0.25) is 0 Å². The van der Waals surface area contributed by atoms with E-state index >= 15 is 0 Å². The van der Waals surface area contributed by atoms with E-state index in [0.717, 1.165) is 22.4 Å². The molecule has 0 amide bonds. The lowest BCUT2D eigenvalue weighted by Gasteiger charge is -2.04. The predicted molar refractivity (Wildman–Crippen MR) is 87.3 cm³/mol. The summed E-state index contributed by atoms with van der Waals surface area (Å²) in [5, 5.41) is 0. The molecular formula is C17H16N2O2S. The second kappa shape index (κ2) is 5.42. The summed E-state index contributed by atoms with van der Waals surface area (Å²) >= 11 is 0. The Bertz CT molecular complexity index is 913. The maximum absolute atomic E-state index is 11.8. The second-order valence-electron chi connectivity index (χ2n) is 5.32. The maximum Gasteiger partial charge on any atom is 0.175 e. The summed E-state index contributed by atoms with van der Waals surface area (Å²) in [5.74, 6) is 0.660. The molecule has 0 radical (unpaired) electrons. The summed E-state index contributed by atoms with van der Waals surface area (Å²) in [6, 6.07) is 15.1. The molecule has 1 heterocycles. The molecule has 22 heavy (non-hydrogen) atoms. The Morgan fingerprint density at radius 1 is 1.00 bits per heavy atom. The molecular weight excluding hydrogens is 296 g/mol. The van der Waals surface area contributed by atoms with Crippen molar-refractivity contribution in [3.8, 4) is 22.6 Å². The minimum Gasteiger partial charge on any atom is -0.338 e. The number of aromatic nitrogens is 2. The van der Waals surface area contributed by atoms with Gasteiger partial charge in [0, 0.05) is 11.8 Å². The largest absolute Gasteiger partial charge is 0.338 e. The van der Waals surface area contributed by atoms with Gasteiger partial charge in [0.05, 0.1) is 16.8 Å². The zero-order valence-corrected chi connectivity index (χ0v) is 13.2. The molecule has 112 valence electrons. The van der Waals surface area contributed by atoms with E-state index < -0.39 is 9.84 Å². The number of hydrogen-bond donors (Lipinski definition) is 1. The monoisotopic (exact) mass is 312 g/mol. The van der Waals surface area contributed by atoms with Gasteiger partial charge in [0.15, 0.2) is 9.84 Å². The Morgan fingerprint density at radius 3 is 2.41 bits per heavy atom. The molecule has 0 aliphatic rings. The minimum atomic E-state index is -3.24. The highest BCUT2D eigenvalue weighted by atomic mass is 32.2. The van der Waals surface area contributed by atoms with E-state index in [2.05, 4.69) is 9.97 Å². The van der Waals surface area contributed by atoms with E-state index in [1.54, 1.807) is 18.3 Å². The molecule has 0 fully saturated rings. The number of nitrogens with zero attached hydrogens (tertiary/aromatic N) is 1. The van der Waals surface area contributed by atoms with Crippen molar-refractivity contribution in [3.05, 3.63) is 60.3 Å². The van der Waals surface area contributed by atoms with Crippen LogP contribution in [0, 0.1) is 6.92 Å². The normalized spacial score (nSPS) is 11.5. The molecule has 3 rings (SSSR count). The SMILES string of the molecule is Cc1cc(-c2ncc(-c3ccccc3)[nH]2)cc(S(C)(=O)=O)c1. The smallest absolute Gasteiger partial charge is 0.175 e. The first-order valence-electron chi connectivity index (χ1n) is 6.86. The van der Waals surface area contributed by atoms with Gasteiger partial charge in [0.1, 0.15) is 5.82 Å². The van der Waals surface area contributed by atoms with E-state index in [9.17, 15) is 8.42 Å². The van der Waals surface area contributed by atoms with Gasteiger partial charge in [0.25, 0.3) is 0 Å². The first-order valence-corrected chi connectivity index (χ1v) is 8.75. The third kappa shape index (κ3) is 2.94. The summed E-state index contributed by atoms with van der Waals surface area (Å²) in [5.41, 5.74) is 3.59. The zero-order valence-electron chi connectivity index (χ0n) is 12.4. The Labute approximate surface area is 129 Å². The van der Waals surface area contributed by atoms with Crippen LogP contribution < -0.4 is 0 Å². The van der Waals surface area contributed by atoms with Crippen molar-refractivity contribution in [2.45, 2.75) is 11.8 Å². The highest BCUT2D eigenvalue weighted by Crippen LogP contribution is 2.25. The van der Waals surface area contributed by atoms with Crippen molar-refractivity contribution >= 4 is 9.84 Å². The molecule has 0 saturated carbocycles. The molecule has 1 N–H and O–H groups in total. The number of aromatic amines is 1. The topological polar surface area (TPSA) is 62.8 Å². The molecule has 0 spiro atoms. The predicted octanol–water partition coefficient (Wildman–Crippen LogP) is 3.46. The van der Waals surface area contributed by atoms with Crippen molar-refractivity contribution in [1.82, 2.24) is 9.97 Å². The Morgan fingerprint density at radius 2 is 1.73 bits per heavy atom. The van der Waals surface area contributed by atoms with Crippen molar-refractivity contribution in [3.63, 3.8) is 0 Å². The molecule has 0 atom stereocenters. The Hall–Kier alpha value is -2.40. The average Bonchev–Trinajstić information content (AvgIpc) is 2.96. The fourth-order valence-electron chi connectivity index (χ4n) is 2.33. The van der Waals surface area contributed by atoms with Gasteiger partial charge in [-0.05, 0) is 36.2 Å². The highest BCUT2D eigenvalue weighted by molar-refractivity contribution is 7.90. The minimum absolute atomic E-state index is 0.306. The number of hydrogen-bond acceptors (Lipinski definition) is 3. The van der Waals surface area contributed by atoms with E-state index in [1.165, 1.54) is 6.26 Å². The number of H-pyrrole nitrogens is 1. The second-order valence-corrected chi connectivity index (χ2v) is 7.33. The molecule has 1 aromatic heterocycles. The third-order valence-corrected chi connectivity index (χ3v) is 4.51. The standard InChI is InChI=1S/C17H16N2O2S/c1-12-8-14(10-15(9-12)22(2,20)21)17-18-11-16(19-17)13-6-4-3-5-7-13/h3-11H,1-2H3,(H,18,19). The summed E-state index contributed by atoms with van der Waals surface area (Å²) in [6.07, 6.45) is 2.97. The van der Waals surface area contributed by atoms with E-state index in [-0.39, 0.29) is 0 Å². The van der Waals surface area contributed by atoms with E-state index in [4.69, 9.17) is 0 Å². The molecule has 0 aliphatic carbocycles. The van der Waals surface area contributed by atoms with Gasteiger partial charge >= 0.3 is 0 Å². The van der Waals surface area contributed by atoms with E-state index in [1.807, 2.05) is 43.3 Å². The molecule has 4 nitrogen and oxygen atoms in total. The first kappa shape index (κ1) is 14.5. The van der Waals surface area contributed by atoms with Crippen LogP contribution in [-0.2, 0) is 9.84 Å². The van der Waals surface area contributed by atoms with Crippen LogP contribution in [0.25, 0.3) is 22.6 Å². The van der Waals surface area contributed by atoms with Crippen LogP contribution in [0.15, 0.2) is 59.6 Å². The van der Waals surface area contributed by atoms with Crippen LogP contribution in [0.1, 0.15) is 5.56 Å². The van der Waals surface area contributed by atoms with Crippen LogP contribution in [-0.4, -0.2) is 24.6 Å². The van der Waals surface area contributed by atoms with Crippen LogP contribution >= 0.6 is 0 Å². The van der Waals surface area contributed by atoms with Crippen LogP contribution in [0.5, 0.6) is 0 Å². The number of benzene rings is 2. The van der Waals surface area contributed by atoms with Crippen molar-refractivity contribution < 1.29 is 8.42 Å². The summed E-state index contributed by atoms with van der Waals surface area (Å²) < 4.78 is 23.5. The number of imidazole rings is 1. The van der Waals surface area contributed by atoms with Crippen molar-refractivity contribution in [2.24, 2.45) is 0 Å². The number of rotatable bonds is 3. The van der Waals surface area contributed by atoms with Gasteiger partial charge in [-0.1, -0.05) is 30.3 Å². The average molecular weight is 312 g/mol. The molecule has 3 aromatic rings. The fourth-order valence-corrected chi connectivity index (χ4v) is 3.07. The summed E-state index contributed by atoms with van der Waals surface area (Å²) in [7, 11) is -3.24. The van der Waals surface area contributed by atoms with Gasteiger partial charge in [-0.2, -0.15) is 0 Å².